The molecular weight excluding hydrogens is 452 g/mol. The molecule has 0 saturated carbocycles. The highest BCUT2D eigenvalue weighted by atomic mass is 79.9. The highest BCUT2D eigenvalue weighted by molar-refractivity contribution is 9.10. The van der Waals surface area contributed by atoms with E-state index in [9.17, 15) is 9.59 Å². The second-order valence-corrected chi connectivity index (χ2v) is 8.10. The lowest BCUT2D eigenvalue weighted by atomic mass is 10.1. The first kappa shape index (κ1) is 21.8. The SMILES string of the molecule is Cc1nn(CC(C)C(=O)Nc2cnn(C)c2C(=O)Nc2cnn(C)c2C)c(C)c1Br. The van der Waals surface area contributed by atoms with E-state index >= 15 is 0 Å². The van der Waals surface area contributed by atoms with Crippen LogP contribution in [0.2, 0.25) is 0 Å². The summed E-state index contributed by atoms with van der Waals surface area (Å²) in [6.07, 6.45) is 3.05. The first-order valence-electron chi connectivity index (χ1n) is 9.42. The van der Waals surface area contributed by atoms with Crippen LogP contribution in [0.3, 0.4) is 0 Å². The molecule has 0 saturated heterocycles. The predicted molar refractivity (Wildman–Crippen MR) is 116 cm³/mol. The molecule has 2 N–H and O–H groups in total. The van der Waals surface area contributed by atoms with Gasteiger partial charge < -0.3 is 10.6 Å². The summed E-state index contributed by atoms with van der Waals surface area (Å²) in [5.41, 5.74) is 3.86. The van der Waals surface area contributed by atoms with Gasteiger partial charge in [-0.15, -0.1) is 0 Å². The molecule has 160 valence electrons. The molecule has 1 atom stereocenters. The summed E-state index contributed by atoms with van der Waals surface area (Å²) < 4.78 is 5.83. The minimum absolute atomic E-state index is 0.224. The van der Waals surface area contributed by atoms with Crippen molar-refractivity contribution >= 4 is 39.1 Å². The molecule has 11 heteroatoms. The lowest BCUT2D eigenvalue weighted by molar-refractivity contribution is -0.119. The van der Waals surface area contributed by atoms with E-state index in [1.807, 2.05) is 27.7 Å². The number of anilines is 2. The van der Waals surface area contributed by atoms with E-state index in [-0.39, 0.29) is 23.4 Å². The summed E-state index contributed by atoms with van der Waals surface area (Å²) in [4.78, 5) is 25.6. The van der Waals surface area contributed by atoms with Crippen LogP contribution < -0.4 is 10.6 Å². The minimum Gasteiger partial charge on any atom is -0.322 e. The molecule has 0 aliphatic carbocycles. The number of amides is 2. The molecule has 10 nitrogen and oxygen atoms in total. The average Bonchev–Trinajstić information content (AvgIpc) is 3.29. The number of aryl methyl sites for hydroxylation is 3. The number of aromatic nitrogens is 6. The Morgan fingerprint density at radius 1 is 1.03 bits per heavy atom. The number of halogens is 1. The van der Waals surface area contributed by atoms with Crippen LogP contribution in [0.1, 0.15) is 34.5 Å². The van der Waals surface area contributed by atoms with E-state index in [1.54, 1.807) is 29.7 Å². The normalized spacial score (nSPS) is 12.1. The highest BCUT2D eigenvalue weighted by Gasteiger charge is 2.23. The summed E-state index contributed by atoms with van der Waals surface area (Å²) >= 11 is 3.50. The Morgan fingerprint density at radius 2 is 1.67 bits per heavy atom. The molecular formula is C19H25BrN8O2. The largest absolute Gasteiger partial charge is 0.322 e. The van der Waals surface area contributed by atoms with Crippen LogP contribution in [0.15, 0.2) is 16.9 Å². The summed E-state index contributed by atoms with van der Waals surface area (Å²) in [7, 11) is 3.45. The fourth-order valence-electron chi connectivity index (χ4n) is 3.05. The molecule has 2 amide bonds. The number of nitrogens with zero attached hydrogens (tertiary/aromatic N) is 6. The van der Waals surface area contributed by atoms with Crippen molar-refractivity contribution in [3.63, 3.8) is 0 Å². The monoisotopic (exact) mass is 476 g/mol. The Labute approximate surface area is 182 Å². The quantitative estimate of drug-likeness (QED) is 0.567. The molecule has 0 spiro atoms. The van der Waals surface area contributed by atoms with Gasteiger partial charge in [-0.3, -0.25) is 23.6 Å². The van der Waals surface area contributed by atoms with Crippen LogP contribution in [0.4, 0.5) is 11.4 Å². The summed E-state index contributed by atoms with van der Waals surface area (Å²) in [5.74, 6) is -0.971. The zero-order chi connectivity index (χ0) is 22.2. The summed E-state index contributed by atoms with van der Waals surface area (Å²) in [6, 6.07) is 0. The van der Waals surface area contributed by atoms with Crippen molar-refractivity contribution < 1.29 is 9.59 Å². The van der Waals surface area contributed by atoms with Gasteiger partial charge in [0.2, 0.25) is 5.91 Å². The Bertz CT molecular complexity index is 1110. The molecule has 0 radical (unpaired) electrons. The first-order valence-corrected chi connectivity index (χ1v) is 10.2. The van der Waals surface area contributed by atoms with Crippen LogP contribution in [-0.4, -0.2) is 41.2 Å². The van der Waals surface area contributed by atoms with E-state index in [0.717, 1.165) is 21.6 Å². The van der Waals surface area contributed by atoms with Gasteiger partial charge in [0.1, 0.15) is 5.69 Å². The number of hydrogen-bond donors (Lipinski definition) is 2. The molecule has 30 heavy (non-hydrogen) atoms. The van der Waals surface area contributed by atoms with Crippen molar-refractivity contribution in [2.75, 3.05) is 10.6 Å². The van der Waals surface area contributed by atoms with Crippen molar-refractivity contribution in [1.82, 2.24) is 29.3 Å². The van der Waals surface area contributed by atoms with Crippen LogP contribution in [0, 0.1) is 26.7 Å². The maximum atomic E-state index is 12.8. The molecule has 0 bridgehead atoms. The van der Waals surface area contributed by atoms with E-state index in [1.165, 1.54) is 10.9 Å². The molecule has 3 aromatic heterocycles. The lowest BCUT2D eigenvalue weighted by Gasteiger charge is -2.14. The lowest BCUT2D eigenvalue weighted by Crippen LogP contribution is -2.27. The molecule has 3 aromatic rings. The fourth-order valence-corrected chi connectivity index (χ4v) is 3.34. The van der Waals surface area contributed by atoms with Gasteiger partial charge in [-0.05, 0) is 36.7 Å². The smallest absolute Gasteiger partial charge is 0.276 e. The van der Waals surface area contributed by atoms with Crippen LogP contribution in [0.5, 0.6) is 0 Å². The third-order valence-electron chi connectivity index (χ3n) is 5.08. The zero-order valence-electron chi connectivity index (χ0n) is 17.8. The standard InChI is InChI=1S/C19H25BrN8O2/c1-10(9-28-13(4)16(20)11(2)25-28)18(29)24-15-8-22-27(6)17(15)19(30)23-14-7-21-26(5)12(14)3/h7-8,10H,9H2,1-6H3,(H,23,30)(H,24,29). The van der Waals surface area contributed by atoms with Crippen molar-refractivity contribution in [3.05, 3.63) is 39.6 Å². The van der Waals surface area contributed by atoms with Crippen molar-refractivity contribution in [1.29, 1.82) is 0 Å². The molecule has 1 unspecified atom stereocenters. The summed E-state index contributed by atoms with van der Waals surface area (Å²) in [5, 5.41) is 18.3. The van der Waals surface area contributed by atoms with Gasteiger partial charge in [-0.25, -0.2) is 0 Å². The highest BCUT2D eigenvalue weighted by Crippen LogP contribution is 2.22. The second-order valence-electron chi connectivity index (χ2n) is 7.31. The van der Waals surface area contributed by atoms with Gasteiger partial charge in [0.05, 0.1) is 52.1 Å². The Hall–Kier alpha value is -2.95. The molecule has 0 fully saturated rings. The van der Waals surface area contributed by atoms with E-state index in [2.05, 4.69) is 41.9 Å². The number of nitrogens with one attached hydrogen (secondary N) is 2. The fraction of sp³-hybridized carbons (Fsp3) is 0.421. The molecule has 0 aliphatic rings. The van der Waals surface area contributed by atoms with Crippen molar-refractivity contribution in [2.45, 2.75) is 34.2 Å². The van der Waals surface area contributed by atoms with Gasteiger partial charge in [-0.1, -0.05) is 6.92 Å². The molecule has 0 aromatic carbocycles. The number of carbonyl (C=O) groups is 2. The van der Waals surface area contributed by atoms with Crippen molar-refractivity contribution in [3.8, 4) is 0 Å². The molecule has 3 rings (SSSR count). The van der Waals surface area contributed by atoms with Gasteiger partial charge in [0.25, 0.3) is 5.91 Å². The van der Waals surface area contributed by atoms with E-state index in [0.29, 0.717) is 17.9 Å². The molecule has 3 heterocycles. The van der Waals surface area contributed by atoms with Gasteiger partial charge in [0.15, 0.2) is 0 Å². The third-order valence-corrected chi connectivity index (χ3v) is 6.23. The Kier molecular flexibility index (Phi) is 6.11. The van der Waals surface area contributed by atoms with E-state index in [4.69, 9.17) is 0 Å². The van der Waals surface area contributed by atoms with Crippen LogP contribution >= 0.6 is 15.9 Å². The molecule has 0 aliphatic heterocycles. The number of hydrogen-bond acceptors (Lipinski definition) is 5. The Morgan fingerprint density at radius 3 is 2.23 bits per heavy atom. The van der Waals surface area contributed by atoms with Gasteiger partial charge in [0, 0.05) is 19.8 Å². The topological polar surface area (TPSA) is 112 Å². The zero-order valence-corrected chi connectivity index (χ0v) is 19.4. The average molecular weight is 477 g/mol. The van der Waals surface area contributed by atoms with Gasteiger partial charge >= 0.3 is 0 Å². The van der Waals surface area contributed by atoms with Crippen molar-refractivity contribution in [2.24, 2.45) is 20.0 Å². The minimum atomic E-state index is -0.378. The predicted octanol–water partition coefficient (Wildman–Crippen LogP) is 2.56. The van der Waals surface area contributed by atoms with Crippen LogP contribution in [-0.2, 0) is 25.4 Å². The summed E-state index contributed by atoms with van der Waals surface area (Å²) in [6.45, 7) is 7.94. The number of rotatable bonds is 6. The van der Waals surface area contributed by atoms with Gasteiger partial charge in [-0.2, -0.15) is 15.3 Å². The third kappa shape index (κ3) is 4.16. The maximum absolute atomic E-state index is 12.8. The number of carbonyl (C=O) groups excluding carboxylic acids is 2. The first-order chi connectivity index (χ1) is 14.1. The second kappa shape index (κ2) is 8.42. The van der Waals surface area contributed by atoms with E-state index < -0.39 is 0 Å². The Balaban J connectivity index is 1.73. The van der Waals surface area contributed by atoms with Crippen LogP contribution in [0.25, 0.3) is 0 Å². The maximum Gasteiger partial charge on any atom is 0.276 e.